The zero-order valence-corrected chi connectivity index (χ0v) is 15.1. The van der Waals surface area contributed by atoms with Gasteiger partial charge in [-0.2, -0.15) is 4.98 Å². The van der Waals surface area contributed by atoms with Gasteiger partial charge < -0.3 is 19.0 Å². The lowest BCUT2D eigenvalue weighted by Gasteiger charge is -2.07. The van der Waals surface area contributed by atoms with Crippen LogP contribution in [0, 0.1) is 6.92 Å². The van der Waals surface area contributed by atoms with E-state index < -0.39 is 0 Å². The van der Waals surface area contributed by atoms with Gasteiger partial charge in [0.25, 0.3) is 5.91 Å². The lowest BCUT2D eigenvalue weighted by molar-refractivity contribution is 0.0949. The normalized spacial score (nSPS) is 13.5. The quantitative estimate of drug-likeness (QED) is 0.656. The predicted octanol–water partition coefficient (Wildman–Crippen LogP) is 3.40. The van der Waals surface area contributed by atoms with E-state index in [1.807, 2.05) is 31.2 Å². The molecule has 3 aromatic rings. The third-order valence-corrected chi connectivity index (χ3v) is 4.43. The molecule has 1 amide bonds. The number of aryl methyl sites for hydroxylation is 1. The Balaban J connectivity index is 1.28. The molecule has 4 rings (SSSR count). The van der Waals surface area contributed by atoms with Gasteiger partial charge in [0.05, 0.1) is 11.8 Å². The fourth-order valence-electron chi connectivity index (χ4n) is 2.69. The topological polar surface area (TPSA) is 90.4 Å². The standard InChI is InChI=1S/C20H21N3O4/c1-13-2-6-15(7-3-13)26-12-17-16(9-11-25-17)19(24)21-10-8-18-22-20(27-23-18)14-4-5-14/h2-3,6-7,9,11,14H,4-5,8,10,12H2,1H3,(H,21,24). The van der Waals surface area contributed by atoms with Crippen LogP contribution in [-0.2, 0) is 13.0 Å². The Hall–Kier alpha value is -3.09. The van der Waals surface area contributed by atoms with Crippen molar-refractivity contribution < 1.29 is 18.5 Å². The maximum Gasteiger partial charge on any atom is 0.254 e. The van der Waals surface area contributed by atoms with Gasteiger partial charge in [0.15, 0.2) is 11.6 Å². The van der Waals surface area contributed by atoms with E-state index in [4.69, 9.17) is 13.7 Å². The Kier molecular flexibility index (Phi) is 4.91. The highest BCUT2D eigenvalue weighted by atomic mass is 16.5. The maximum absolute atomic E-state index is 12.4. The lowest BCUT2D eigenvalue weighted by atomic mass is 10.2. The SMILES string of the molecule is Cc1ccc(OCc2occc2C(=O)NCCc2noc(C3CC3)n2)cc1. The van der Waals surface area contributed by atoms with Crippen LogP contribution < -0.4 is 10.1 Å². The molecule has 0 bridgehead atoms. The number of rotatable bonds is 8. The number of aromatic nitrogens is 2. The highest BCUT2D eigenvalue weighted by molar-refractivity contribution is 5.95. The molecule has 7 heteroatoms. The number of nitrogens with one attached hydrogen (secondary N) is 1. The summed E-state index contributed by atoms with van der Waals surface area (Å²) >= 11 is 0. The molecule has 2 heterocycles. The number of nitrogens with zero attached hydrogens (tertiary/aromatic N) is 2. The Bertz CT molecular complexity index is 909. The van der Waals surface area contributed by atoms with Gasteiger partial charge in [0.2, 0.25) is 5.89 Å². The van der Waals surface area contributed by atoms with Crippen molar-refractivity contribution in [2.75, 3.05) is 6.54 Å². The minimum Gasteiger partial charge on any atom is -0.486 e. The molecule has 1 aliphatic carbocycles. The first-order valence-electron chi connectivity index (χ1n) is 9.05. The molecular formula is C20H21N3O4. The second kappa shape index (κ2) is 7.65. The lowest BCUT2D eigenvalue weighted by Crippen LogP contribution is -2.26. The molecule has 7 nitrogen and oxygen atoms in total. The van der Waals surface area contributed by atoms with Crippen LogP contribution in [0.25, 0.3) is 0 Å². The van der Waals surface area contributed by atoms with Crippen LogP contribution in [0.2, 0.25) is 0 Å². The van der Waals surface area contributed by atoms with Crippen LogP contribution in [-0.4, -0.2) is 22.6 Å². The molecule has 0 saturated heterocycles. The Morgan fingerprint density at radius 2 is 2.07 bits per heavy atom. The van der Waals surface area contributed by atoms with Crippen molar-refractivity contribution in [3.8, 4) is 5.75 Å². The first kappa shape index (κ1) is 17.3. The fourth-order valence-corrected chi connectivity index (χ4v) is 2.69. The molecule has 140 valence electrons. The van der Waals surface area contributed by atoms with Gasteiger partial charge >= 0.3 is 0 Å². The average molecular weight is 367 g/mol. The van der Waals surface area contributed by atoms with Crippen LogP contribution in [0.4, 0.5) is 0 Å². The smallest absolute Gasteiger partial charge is 0.254 e. The van der Waals surface area contributed by atoms with Crippen molar-refractivity contribution in [1.82, 2.24) is 15.5 Å². The minimum absolute atomic E-state index is 0.189. The molecule has 0 aliphatic heterocycles. The van der Waals surface area contributed by atoms with Crippen molar-refractivity contribution in [3.05, 3.63) is 65.2 Å². The van der Waals surface area contributed by atoms with Crippen molar-refractivity contribution in [3.63, 3.8) is 0 Å². The van der Waals surface area contributed by atoms with E-state index in [0.717, 1.165) is 24.2 Å². The Labute approximate surface area is 156 Å². The molecule has 0 unspecified atom stereocenters. The molecule has 0 spiro atoms. The van der Waals surface area contributed by atoms with Gasteiger partial charge in [0, 0.05) is 18.9 Å². The van der Waals surface area contributed by atoms with Crippen molar-refractivity contribution in [1.29, 1.82) is 0 Å². The van der Waals surface area contributed by atoms with Crippen LogP contribution in [0.1, 0.15) is 52.2 Å². The van der Waals surface area contributed by atoms with Gasteiger partial charge in [-0.25, -0.2) is 0 Å². The fraction of sp³-hybridized carbons (Fsp3) is 0.350. The number of carbonyl (C=O) groups excluding carboxylic acids is 1. The zero-order valence-electron chi connectivity index (χ0n) is 15.1. The monoisotopic (exact) mass is 367 g/mol. The minimum atomic E-state index is -0.211. The molecule has 1 saturated carbocycles. The molecule has 27 heavy (non-hydrogen) atoms. The predicted molar refractivity (Wildman–Crippen MR) is 96.5 cm³/mol. The zero-order chi connectivity index (χ0) is 18.6. The number of ether oxygens (including phenoxy) is 1. The molecule has 1 N–H and O–H groups in total. The maximum atomic E-state index is 12.4. The molecule has 1 aromatic carbocycles. The van der Waals surface area contributed by atoms with E-state index in [9.17, 15) is 4.79 Å². The van der Waals surface area contributed by atoms with Gasteiger partial charge in [-0.3, -0.25) is 4.79 Å². The third-order valence-electron chi connectivity index (χ3n) is 4.43. The summed E-state index contributed by atoms with van der Waals surface area (Å²) in [5.74, 6) is 2.77. The average Bonchev–Trinajstić information content (AvgIpc) is 3.23. The summed E-state index contributed by atoms with van der Waals surface area (Å²) in [5, 5.41) is 6.81. The summed E-state index contributed by atoms with van der Waals surface area (Å²) in [6.45, 7) is 2.63. The van der Waals surface area contributed by atoms with Gasteiger partial charge in [0.1, 0.15) is 12.4 Å². The van der Waals surface area contributed by atoms with E-state index in [-0.39, 0.29) is 12.5 Å². The van der Waals surface area contributed by atoms with Gasteiger partial charge in [-0.05, 0) is 38.0 Å². The summed E-state index contributed by atoms with van der Waals surface area (Å²) in [7, 11) is 0. The third kappa shape index (κ3) is 4.36. The summed E-state index contributed by atoms with van der Waals surface area (Å²) in [5.41, 5.74) is 1.63. The van der Waals surface area contributed by atoms with E-state index in [1.165, 1.54) is 6.26 Å². The second-order valence-electron chi connectivity index (χ2n) is 6.69. The van der Waals surface area contributed by atoms with Crippen LogP contribution >= 0.6 is 0 Å². The highest BCUT2D eigenvalue weighted by Gasteiger charge is 2.29. The largest absolute Gasteiger partial charge is 0.486 e. The summed E-state index contributed by atoms with van der Waals surface area (Å²) < 4.78 is 16.3. The number of benzene rings is 1. The van der Waals surface area contributed by atoms with E-state index >= 15 is 0 Å². The molecular weight excluding hydrogens is 346 g/mol. The molecule has 1 aliphatic rings. The second-order valence-corrected chi connectivity index (χ2v) is 6.69. The first-order chi connectivity index (χ1) is 13.2. The van der Waals surface area contributed by atoms with Crippen molar-refractivity contribution in [2.24, 2.45) is 0 Å². The Morgan fingerprint density at radius 3 is 2.85 bits per heavy atom. The van der Waals surface area contributed by atoms with Crippen molar-refractivity contribution >= 4 is 5.91 Å². The van der Waals surface area contributed by atoms with Crippen molar-refractivity contribution in [2.45, 2.75) is 38.7 Å². The summed E-state index contributed by atoms with van der Waals surface area (Å²) in [4.78, 5) is 16.8. The van der Waals surface area contributed by atoms with Gasteiger partial charge in [-0.15, -0.1) is 0 Å². The summed E-state index contributed by atoms with van der Waals surface area (Å²) in [6.07, 6.45) is 4.25. The number of hydrogen-bond donors (Lipinski definition) is 1. The highest BCUT2D eigenvalue weighted by Crippen LogP contribution is 2.38. The van der Waals surface area contributed by atoms with Crippen LogP contribution in [0.5, 0.6) is 5.75 Å². The number of carbonyl (C=O) groups is 1. The van der Waals surface area contributed by atoms with Crippen LogP contribution in [0.3, 0.4) is 0 Å². The van der Waals surface area contributed by atoms with E-state index in [0.29, 0.717) is 41.9 Å². The number of hydrogen-bond acceptors (Lipinski definition) is 6. The first-order valence-corrected chi connectivity index (χ1v) is 9.05. The number of furan rings is 1. The Morgan fingerprint density at radius 1 is 1.26 bits per heavy atom. The van der Waals surface area contributed by atoms with Crippen LogP contribution in [0.15, 0.2) is 45.5 Å². The van der Waals surface area contributed by atoms with E-state index in [1.54, 1.807) is 6.07 Å². The van der Waals surface area contributed by atoms with Gasteiger partial charge in [-0.1, -0.05) is 22.9 Å². The molecule has 2 aromatic heterocycles. The molecule has 0 radical (unpaired) electrons. The summed E-state index contributed by atoms with van der Waals surface area (Å²) in [6, 6.07) is 9.36. The van der Waals surface area contributed by atoms with E-state index in [2.05, 4.69) is 15.5 Å². The molecule has 1 fully saturated rings. The molecule has 0 atom stereocenters. The number of amides is 1.